The summed E-state index contributed by atoms with van der Waals surface area (Å²) in [6, 6.07) is 5.31. The molecule has 2 aliphatic rings. The third-order valence-electron chi connectivity index (χ3n) is 5.51. The molecule has 4 rings (SSSR count). The van der Waals surface area contributed by atoms with Crippen molar-refractivity contribution in [1.82, 2.24) is 30.4 Å². The van der Waals surface area contributed by atoms with E-state index < -0.39 is 45.2 Å². The van der Waals surface area contributed by atoms with Gasteiger partial charge in [0.25, 0.3) is 5.91 Å². The van der Waals surface area contributed by atoms with Crippen molar-refractivity contribution in [3.63, 3.8) is 0 Å². The Labute approximate surface area is 211 Å². The maximum atomic E-state index is 12.9. The number of aliphatic carboxylic acids is 1. The van der Waals surface area contributed by atoms with E-state index in [9.17, 15) is 28.8 Å². The number of carbonyl (C=O) groups is 3. The number of nitrogens with zero attached hydrogens (tertiary/aromatic N) is 5. The predicted molar refractivity (Wildman–Crippen MR) is 129 cm³/mol. The molecule has 0 saturated carbocycles. The van der Waals surface area contributed by atoms with E-state index in [1.54, 1.807) is 19.2 Å². The summed E-state index contributed by atoms with van der Waals surface area (Å²) in [6.45, 7) is 1.51. The highest BCUT2D eigenvalue weighted by Crippen LogP contribution is 2.41. The number of carbonyl (C=O) groups excluding carboxylic acids is 2. The molecule has 1 aromatic carbocycles. The van der Waals surface area contributed by atoms with Crippen LogP contribution in [0, 0.1) is 0 Å². The number of phenolic OH excluding ortho intramolecular Hbond substituents is 1. The van der Waals surface area contributed by atoms with Gasteiger partial charge in [-0.3, -0.25) is 18.7 Å². The molecule has 0 radical (unpaired) electrons. The summed E-state index contributed by atoms with van der Waals surface area (Å²) < 4.78 is 14.1. The number of phenols is 1. The molecule has 0 bridgehead atoms. The molecule has 3 N–H and O–H groups in total. The topological polar surface area (TPSA) is 168 Å². The Morgan fingerprint density at radius 2 is 2.06 bits per heavy atom. The number of carboxylic acids is 1. The molecule has 12 nitrogen and oxygen atoms in total. The zero-order chi connectivity index (χ0) is 25.3. The van der Waals surface area contributed by atoms with Crippen LogP contribution in [0.2, 0.25) is 0 Å². The molecule has 2 amide bonds. The number of benzene rings is 1. The Kier molecular flexibility index (Phi) is 7.47. The monoisotopic (exact) mass is 538 g/mol. The van der Waals surface area contributed by atoms with Gasteiger partial charge in [-0.05, 0) is 40.6 Å². The van der Waals surface area contributed by atoms with Crippen LogP contribution in [0.5, 0.6) is 5.75 Å². The first-order chi connectivity index (χ1) is 16.7. The lowest BCUT2D eigenvalue weighted by Crippen LogP contribution is -2.71. The quantitative estimate of drug-likeness (QED) is 0.292. The summed E-state index contributed by atoms with van der Waals surface area (Å²) in [7, 11) is 0.115. The van der Waals surface area contributed by atoms with Gasteiger partial charge in [-0.15, -0.1) is 16.9 Å². The Morgan fingerprint density at radius 1 is 1.34 bits per heavy atom. The number of thioether (sulfide) groups is 2. The highest BCUT2D eigenvalue weighted by atomic mass is 32.2. The van der Waals surface area contributed by atoms with E-state index in [1.807, 2.05) is 0 Å². The molecular weight excluding hydrogens is 516 g/mol. The number of carboxylic acid groups (broad SMARTS) is 1. The number of hydrogen-bond acceptors (Lipinski definition) is 10. The van der Waals surface area contributed by atoms with Crippen molar-refractivity contribution in [2.45, 2.75) is 34.5 Å². The minimum absolute atomic E-state index is 0.0872. The second kappa shape index (κ2) is 10.4. The van der Waals surface area contributed by atoms with Gasteiger partial charge in [0.1, 0.15) is 28.1 Å². The van der Waals surface area contributed by atoms with E-state index in [-0.39, 0.29) is 17.2 Å². The van der Waals surface area contributed by atoms with Gasteiger partial charge in [-0.2, -0.15) is 0 Å². The molecule has 1 fully saturated rings. The van der Waals surface area contributed by atoms with Crippen molar-refractivity contribution in [3.05, 3.63) is 41.1 Å². The first kappa shape index (κ1) is 25.2. The van der Waals surface area contributed by atoms with Gasteiger partial charge < -0.3 is 15.5 Å². The normalized spacial score (nSPS) is 21.2. The van der Waals surface area contributed by atoms with Crippen molar-refractivity contribution in [1.29, 1.82) is 0 Å². The van der Waals surface area contributed by atoms with Crippen molar-refractivity contribution in [2.75, 3.05) is 11.5 Å². The number of rotatable bonds is 9. The second-order valence-corrected chi connectivity index (χ2v) is 11.7. The number of amides is 2. The highest BCUT2D eigenvalue weighted by Gasteiger charge is 2.54. The molecule has 2 aliphatic heterocycles. The molecule has 0 spiro atoms. The van der Waals surface area contributed by atoms with Crippen LogP contribution in [0.25, 0.3) is 0 Å². The Bertz CT molecular complexity index is 1220. The van der Waals surface area contributed by atoms with Crippen LogP contribution in [-0.2, 0) is 38.0 Å². The third kappa shape index (κ3) is 5.21. The molecule has 2 aromatic rings. The number of nitrogens with one attached hydrogen (secondary N) is 1. The molecule has 3 unspecified atom stereocenters. The summed E-state index contributed by atoms with van der Waals surface area (Å²) in [4.78, 5) is 38.8. The predicted octanol–water partition coefficient (Wildman–Crippen LogP) is 0.0838. The SMILES string of the molecule is CC(C(=O)NC1C(=O)N2C(C(=O)O)=C(CSc3nnnn3C)CS[C@@H]12)S(=O)Cc1ccc(O)cc1. The van der Waals surface area contributed by atoms with Crippen LogP contribution in [0.1, 0.15) is 12.5 Å². The van der Waals surface area contributed by atoms with Crippen LogP contribution in [-0.4, -0.2) is 85.5 Å². The Morgan fingerprint density at radius 3 is 2.69 bits per heavy atom. The molecule has 35 heavy (non-hydrogen) atoms. The molecule has 15 heteroatoms. The Hall–Kier alpha value is -2.91. The molecule has 4 atom stereocenters. The van der Waals surface area contributed by atoms with Crippen molar-refractivity contribution in [2.24, 2.45) is 7.05 Å². The van der Waals surface area contributed by atoms with E-state index in [1.165, 1.54) is 52.2 Å². The fraction of sp³-hybridized carbons (Fsp3) is 0.400. The number of hydrogen-bond donors (Lipinski definition) is 3. The van der Waals surface area contributed by atoms with E-state index in [0.29, 0.717) is 27.8 Å². The molecule has 1 saturated heterocycles. The van der Waals surface area contributed by atoms with E-state index in [2.05, 4.69) is 20.8 Å². The maximum absolute atomic E-state index is 12.9. The van der Waals surface area contributed by atoms with Crippen LogP contribution < -0.4 is 5.32 Å². The van der Waals surface area contributed by atoms with Gasteiger partial charge in [-0.1, -0.05) is 23.9 Å². The number of β-lactam (4-membered cyclic amide) rings is 1. The standard InChI is InChI=1S/C20H22N6O6S3/c1-10(35(32)9-11-3-5-13(27)6-4-11)16(28)21-14-17(29)26-15(19(30)31)12(7-33-18(14)26)8-34-20-22-23-24-25(20)2/h3-6,10,14,18,27H,7-9H2,1-2H3,(H,21,28)(H,30,31)/t10?,14?,18-,35?/m0/s1. The van der Waals surface area contributed by atoms with Crippen molar-refractivity contribution in [3.8, 4) is 5.75 Å². The van der Waals surface area contributed by atoms with Gasteiger partial charge in [0.2, 0.25) is 11.1 Å². The van der Waals surface area contributed by atoms with E-state index >= 15 is 0 Å². The van der Waals surface area contributed by atoms with Crippen molar-refractivity contribution < 1.29 is 28.8 Å². The lowest BCUT2D eigenvalue weighted by molar-refractivity contribution is -0.150. The molecule has 3 heterocycles. The van der Waals surface area contributed by atoms with E-state index in [0.717, 1.165) is 0 Å². The summed E-state index contributed by atoms with van der Waals surface area (Å²) >= 11 is 2.63. The number of aryl methyl sites for hydroxylation is 1. The smallest absolute Gasteiger partial charge is 0.352 e. The number of aromatic hydroxyl groups is 1. The van der Waals surface area contributed by atoms with Crippen LogP contribution >= 0.6 is 23.5 Å². The lowest BCUT2D eigenvalue weighted by Gasteiger charge is -2.49. The van der Waals surface area contributed by atoms with Gasteiger partial charge in [0.15, 0.2) is 0 Å². The first-order valence-electron chi connectivity index (χ1n) is 10.4. The average Bonchev–Trinajstić information content (AvgIpc) is 3.25. The number of aromatic nitrogens is 4. The third-order valence-corrected chi connectivity index (χ3v) is 9.57. The summed E-state index contributed by atoms with van der Waals surface area (Å²) in [6.07, 6.45) is 0. The fourth-order valence-corrected chi connectivity index (χ4v) is 6.97. The molecule has 0 aliphatic carbocycles. The van der Waals surface area contributed by atoms with Crippen molar-refractivity contribution >= 4 is 52.1 Å². The summed E-state index contributed by atoms with van der Waals surface area (Å²) in [5, 5.41) is 32.0. The zero-order valence-corrected chi connectivity index (χ0v) is 21.1. The maximum Gasteiger partial charge on any atom is 0.352 e. The summed E-state index contributed by atoms with van der Waals surface area (Å²) in [5.41, 5.74) is 1.18. The second-order valence-electron chi connectivity index (χ2n) is 7.86. The van der Waals surface area contributed by atoms with Crippen LogP contribution in [0.3, 0.4) is 0 Å². The van der Waals surface area contributed by atoms with Gasteiger partial charge in [0.05, 0.1) is 0 Å². The first-order valence-corrected chi connectivity index (χ1v) is 13.8. The van der Waals surface area contributed by atoms with E-state index in [4.69, 9.17) is 0 Å². The number of tetrazole rings is 1. The fourth-order valence-electron chi connectivity index (χ4n) is 3.56. The molecule has 186 valence electrons. The number of fused-ring (bicyclic) bond motifs is 1. The zero-order valence-electron chi connectivity index (χ0n) is 18.7. The molecule has 1 aromatic heterocycles. The van der Waals surface area contributed by atoms with Gasteiger partial charge in [0, 0.05) is 35.1 Å². The van der Waals surface area contributed by atoms with Gasteiger partial charge >= 0.3 is 5.97 Å². The van der Waals surface area contributed by atoms with Crippen LogP contribution in [0.4, 0.5) is 0 Å². The van der Waals surface area contributed by atoms with Gasteiger partial charge in [-0.25, -0.2) is 9.48 Å². The Balaban J connectivity index is 1.39. The largest absolute Gasteiger partial charge is 0.508 e. The minimum atomic E-state index is -1.56. The van der Waals surface area contributed by atoms with Crippen LogP contribution in [0.15, 0.2) is 40.7 Å². The average molecular weight is 539 g/mol. The minimum Gasteiger partial charge on any atom is -0.508 e. The molecular formula is C20H22N6O6S3. The highest BCUT2D eigenvalue weighted by molar-refractivity contribution is 8.01. The summed E-state index contributed by atoms with van der Waals surface area (Å²) in [5.74, 6) is -1.42. The lowest BCUT2D eigenvalue weighted by atomic mass is 10.0.